The molecule has 0 bridgehead atoms. The molecule has 12 heavy (non-hydrogen) atoms. The van der Waals surface area contributed by atoms with Gasteiger partial charge >= 0.3 is 0 Å². The van der Waals surface area contributed by atoms with Crippen LogP contribution in [0.2, 0.25) is 0 Å². The van der Waals surface area contributed by atoms with Crippen molar-refractivity contribution in [1.82, 2.24) is 0 Å². The first-order valence-electron chi connectivity index (χ1n) is 4.04. The Morgan fingerprint density at radius 2 is 1.42 bits per heavy atom. The Balaban J connectivity index is 3.12. The maximum atomic E-state index is 10.6. The van der Waals surface area contributed by atoms with Gasteiger partial charge in [-0.05, 0) is 12.8 Å². The zero-order chi connectivity index (χ0) is 9.45. The fourth-order valence-electron chi connectivity index (χ4n) is 0.899. The minimum absolute atomic E-state index is 0.265. The Kier molecular flexibility index (Phi) is 7.88. The molecule has 0 atom stereocenters. The van der Waals surface area contributed by atoms with Crippen molar-refractivity contribution in [3.8, 4) is 0 Å². The summed E-state index contributed by atoms with van der Waals surface area (Å²) in [5, 5.41) is 1.05. The molecule has 0 aromatic rings. The summed E-state index contributed by atoms with van der Waals surface area (Å²) < 4.78 is 21.3. The van der Waals surface area contributed by atoms with E-state index in [0.717, 1.165) is 24.6 Å². The second-order valence-electron chi connectivity index (χ2n) is 2.70. The van der Waals surface area contributed by atoms with Gasteiger partial charge in [0.15, 0.2) is 0 Å². The lowest BCUT2D eigenvalue weighted by molar-refractivity contribution is 0.601. The lowest BCUT2D eigenvalue weighted by Crippen LogP contribution is -1.95. The van der Waals surface area contributed by atoms with Crippen LogP contribution in [-0.2, 0) is 8.27 Å². The maximum absolute atomic E-state index is 10.6. The highest BCUT2D eigenvalue weighted by Gasteiger charge is 2.02. The van der Waals surface area contributed by atoms with E-state index < -0.39 is 8.27 Å². The van der Waals surface area contributed by atoms with E-state index in [1.165, 1.54) is 12.8 Å². The van der Waals surface area contributed by atoms with Gasteiger partial charge in [-0.3, -0.25) is 0 Å². The molecule has 0 heterocycles. The molecule has 0 saturated carbocycles. The number of hydrogen-bond donors (Lipinski definition) is 0. The summed E-state index contributed by atoms with van der Waals surface area (Å²) in [6.07, 6.45) is 5.29. The third-order valence-electron chi connectivity index (χ3n) is 1.52. The lowest BCUT2D eigenvalue weighted by atomic mass is 10.2. The molecule has 0 radical (unpaired) electrons. The molecule has 0 spiro atoms. The molecule has 0 rings (SSSR count). The van der Waals surface area contributed by atoms with Gasteiger partial charge in [0.2, 0.25) is 8.27 Å². The molecular weight excluding hydrogens is 308 g/mol. The average molecular weight is 322 g/mol. The first kappa shape index (κ1) is 12.9. The van der Waals surface area contributed by atoms with Crippen LogP contribution in [0.5, 0.6) is 0 Å². The van der Waals surface area contributed by atoms with E-state index in [1.807, 2.05) is 0 Å². The summed E-state index contributed by atoms with van der Waals surface area (Å²) in [5.74, 6) is 0.265. The Labute approximate surface area is 90.4 Å². The molecule has 0 N–H and O–H groups in total. The van der Waals surface area contributed by atoms with Crippen molar-refractivity contribution < 1.29 is 8.42 Å². The number of hydrogen-bond acceptors (Lipinski definition) is 2. The van der Waals surface area contributed by atoms with E-state index in [4.69, 9.17) is 0 Å². The molecule has 0 aliphatic heterocycles. The van der Waals surface area contributed by atoms with E-state index in [1.54, 1.807) is 0 Å². The molecular formula is C7H14Br2O2S. The van der Waals surface area contributed by atoms with Gasteiger partial charge in [-0.2, -0.15) is 0 Å². The smallest absolute Gasteiger partial charge is 0.209 e. The molecule has 0 amide bonds. The molecule has 0 unspecified atom stereocenters. The predicted octanol–water partition coefficient (Wildman–Crippen LogP) is 3.06. The number of rotatable bonds is 7. The molecule has 0 aliphatic carbocycles. The number of halogens is 2. The van der Waals surface area contributed by atoms with Crippen LogP contribution in [0.3, 0.4) is 0 Å². The Bertz CT molecular complexity index is 190. The largest absolute Gasteiger partial charge is 0.217 e. The Morgan fingerprint density at radius 3 is 1.92 bits per heavy atom. The molecule has 0 fully saturated rings. The Hall–Kier alpha value is 0.910. The van der Waals surface area contributed by atoms with Gasteiger partial charge in [0.1, 0.15) is 0 Å². The van der Waals surface area contributed by atoms with Crippen LogP contribution in [0.15, 0.2) is 0 Å². The minimum atomic E-state index is -2.91. The number of alkyl halides is 1. The summed E-state index contributed by atoms with van der Waals surface area (Å²) >= 11 is 5.97. The third kappa shape index (κ3) is 10.9. The lowest BCUT2D eigenvalue weighted by Gasteiger charge is -1.97. The highest BCUT2D eigenvalue weighted by molar-refractivity contribution is 9.47. The summed E-state index contributed by atoms with van der Waals surface area (Å²) in [7, 11) is -2.91. The second kappa shape index (κ2) is 7.33. The van der Waals surface area contributed by atoms with Crippen molar-refractivity contribution in [3.63, 3.8) is 0 Å². The molecule has 0 aromatic heterocycles. The monoisotopic (exact) mass is 320 g/mol. The first-order valence-corrected chi connectivity index (χ1v) is 8.66. The second-order valence-corrected chi connectivity index (χ2v) is 7.94. The number of unbranched alkanes of at least 4 members (excludes halogenated alkanes) is 4. The van der Waals surface area contributed by atoms with E-state index in [9.17, 15) is 8.42 Å². The summed E-state index contributed by atoms with van der Waals surface area (Å²) in [4.78, 5) is 0. The van der Waals surface area contributed by atoms with Crippen LogP contribution in [0.25, 0.3) is 0 Å². The quantitative estimate of drug-likeness (QED) is 0.410. The Morgan fingerprint density at radius 1 is 0.917 bits per heavy atom. The van der Waals surface area contributed by atoms with Gasteiger partial charge in [-0.1, -0.05) is 35.2 Å². The van der Waals surface area contributed by atoms with Crippen LogP contribution < -0.4 is 0 Å². The van der Waals surface area contributed by atoms with Gasteiger partial charge in [0.25, 0.3) is 0 Å². The zero-order valence-corrected chi connectivity index (χ0v) is 10.9. The molecule has 0 aliphatic rings. The van der Waals surface area contributed by atoms with Crippen molar-refractivity contribution in [1.29, 1.82) is 0 Å². The fraction of sp³-hybridized carbons (Fsp3) is 1.00. The van der Waals surface area contributed by atoms with Gasteiger partial charge in [-0.15, -0.1) is 0 Å². The van der Waals surface area contributed by atoms with E-state index in [-0.39, 0.29) is 5.75 Å². The van der Waals surface area contributed by atoms with Crippen molar-refractivity contribution >= 4 is 39.0 Å². The van der Waals surface area contributed by atoms with Gasteiger partial charge in [0.05, 0.1) is 20.6 Å². The highest BCUT2D eigenvalue weighted by Crippen LogP contribution is 2.08. The fourth-order valence-corrected chi connectivity index (χ4v) is 2.53. The molecule has 2 nitrogen and oxygen atoms in total. The van der Waals surface area contributed by atoms with Gasteiger partial charge < -0.3 is 0 Å². The maximum Gasteiger partial charge on any atom is 0.209 e. The van der Waals surface area contributed by atoms with Crippen LogP contribution >= 0.6 is 30.7 Å². The van der Waals surface area contributed by atoms with Crippen molar-refractivity contribution in [3.05, 3.63) is 0 Å². The standard InChI is InChI=1S/C7H14Br2O2S/c8-6-4-2-1-3-5-7-12(9,10)11/h1-7H2. The van der Waals surface area contributed by atoms with Crippen molar-refractivity contribution in [2.45, 2.75) is 32.1 Å². The normalized spacial score (nSPS) is 11.8. The van der Waals surface area contributed by atoms with Crippen LogP contribution in [0.1, 0.15) is 32.1 Å². The van der Waals surface area contributed by atoms with Crippen LogP contribution in [-0.4, -0.2) is 19.5 Å². The van der Waals surface area contributed by atoms with E-state index in [2.05, 4.69) is 30.7 Å². The van der Waals surface area contributed by atoms with E-state index >= 15 is 0 Å². The SMILES string of the molecule is O=S(=O)(Br)CCCCCCCBr. The summed E-state index contributed by atoms with van der Waals surface area (Å²) in [5.41, 5.74) is 0. The predicted molar refractivity (Wildman–Crippen MR) is 59.6 cm³/mol. The molecule has 0 aromatic carbocycles. The molecule has 0 saturated heterocycles. The third-order valence-corrected chi connectivity index (χ3v) is 3.83. The minimum Gasteiger partial charge on any atom is -0.217 e. The molecule has 5 heteroatoms. The van der Waals surface area contributed by atoms with Gasteiger partial charge in [-0.25, -0.2) is 8.42 Å². The van der Waals surface area contributed by atoms with Crippen molar-refractivity contribution in [2.24, 2.45) is 0 Å². The summed E-state index contributed by atoms with van der Waals surface area (Å²) in [6.45, 7) is 0. The van der Waals surface area contributed by atoms with Gasteiger partial charge in [0, 0.05) is 5.33 Å². The first-order chi connectivity index (χ1) is 5.56. The topological polar surface area (TPSA) is 34.1 Å². The highest BCUT2D eigenvalue weighted by atomic mass is 79.9. The molecule has 74 valence electrons. The van der Waals surface area contributed by atoms with Crippen LogP contribution in [0.4, 0.5) is 0 Å². The summed E-state index contributed by atoms with van der Waals surface area (Å²) in [6, 6.07) is 0. The zero-order valence-electron chi connectivity index (χ0n) is 6.93. The van der Waals surface area contributed by atoms with Crippen molar-refractivity contribution in [2.75, 3.05) is 11.1 Å². The average Bonchev–Trinajstić information content (AvgIpc) is 1.94. The van der Waals surface area contributed by atoms with Crippen LogP contribution in [0, 0.1) is 0 Å². The van der Waals surface area contributed by atoms with E-state index in [0.29, 0.717) is 0 Å².